The summed E-state index contributed by atoms with van der Waals surface area (Å²) in [5, 5.41) is 21.7. The summed E-state index contributed by atoms with van der Waals surface area (Å²) in [6.45, 7) is 9.00. The van der Waals surface area contributed by atoms with E-state index in [9.17, 15) is 10.2 Å². The number of hydrogen-bond donors (Lipinski definition) is 3. The second-order valence-corrected chi connectivity index (χ2v) is 11.6. The van der Waals surface area contributed by atoms with Gasteiger partial charge < -0.3 is 24.8 Å². The topological polar surface area (TPSA) is 81.1 Å². The zero-order chi connectivity index (χ0) is 17.6. The number of aryl methyl sites for hydroxylation is 1. The van der Waals surface area contributed by atoms with Crippen LogP contribution >= 0.6 is 6.89 Å². The highest BCUT2D eigenvalue weighted by atomic mass is 31.2. The zero-order valence-corrected chi connectivity index (χ0v) is 15.3. The largest absolute Gasteiger partial charge is 0.388 e. The molecule has 6 nitrogen and oxygen atoms in total. The van der Waals surface area contributed by atoms with E-state index in [0.29, 0.717) is 12.2 Å². The average molecular weight is 351 g/mol. The van der Waals surface area contributed by atoms with Crippen molar-refractivity contribution in [2.24, 2.45) is 4.99 Å². The number of rotatable bonds is 4. The summed E-state index contributed by atoms with van der Waals surface area (Å²) in [6.07, 6.45) is 4.62. The number of nitrogens with zero attached hydrogens (tertiary/aromatic N) is 2. The second kappa shape index (κ2) is 6.19. The molecule has 1 fully saturated rings. The number of aromatic amines is 1. The Labute approximate surface area is 142 Å². The third kappa shape index (κ3) is 3.38. The van der Waals surface area contributed by atoms with Gasteiger partial charge in [0.05, 0.1) is 6.10 Å². The van der Waals surface area contributed by atoms with E-state index in [2.05, 4.69) is 36.2 Å². The van der Waals surface area contributed by atoms with E-state index in [-0.39, 0.29) is 0 Å². The molecule has 2 aliphatic rings. The number of aromatic nitrogens is 1. The molecule has 4 unspecified atom stereocenters. The van der Waals surface area contributed by atoms with Gasteiger partial charge in [0.15, 0.2) is 6.23 Å². The summed E-state index contributed by atoms with van der Waals surface area (Å²) in [7, 11) is 0. The SMILES string of the molecule is C=C1N=c2[nH]c(C)cc2=CN1C1OC(CCP(=C)(C)C)C(O)C1O. The van der Waals surface area contributed by atoms with Gasteiger partial charge in [-0.2, -0.15) is 0 Å². The van der Waals surface area contributed by atoms with Crippen molar-refractivity contribution < 1.29 is 14.9 Å². The molecule has 3 rings (SSSR count). The van der Waals surface area contributed by atoms with Crippen LogP contribution < -0.4 is 10.7 Å². The number of fused-ring (bicyclic) bond motifs is 1. The maximum atomic E-state index is 10.4. The van der Waals surface area contributed by atoms with Gasteiger partial charge in [-0.05, 0) is 38.9 Å². The minimum atomic E-state index is -1.20. The first-order chi connectivity index (χ1) is 11.2. The molecule has 132 valence electrons. The maximum Gasteiger partial charge on any atom is 0.164 e. The Bertz CT molecular complexity index is 810. The molecule has 3 N–H and O–H groups in total. The first-order valence-electron chi connectivity index (χ1n) is 8.08. The van der Waals surface area contributed by atoms with Crippen molar-refractivity contribution in [3.8, 4) is 0 Å². The predicted molar refractivity (Wildman–Crippen MR) is 97.8 cm³/mol. The third-order valence-corrected chi connectivity index (χ3v) is 5.88. The van der Waals surface area contributed by atoms with E-state index < -0.39 is 31.4 Å². The Balaban J connectivity index is 1.81. The highest BCUT2D eigenvalue weighted by Crippen LogP contribution is 2.38. The van der Waals surface area contributed by atoms with Crippen LogP contribution in [0.25, 0.3) is 6.20 Å². The Morgan fingerprint density at radius 2 is 2.08 bits per heavy atom. The molecular formula is C17H26N3O3P. The molecule has 2 aliphatic heterocycles. The van der Waals surface area contributed by atoms with Crippen LogP contribution in [0, 0.1) is 6.92 Å². The van der Waals surface area contributed by atoms with Gasteiger partial charge in [-0.3, -0.25) is 0 Å². The summed E-state index contributed by atoms with van der Waals surface area (Å²) in [5.41, 5.74) is 1.75. The standard InChI is InChI=1S/C17H26N3O3P/c1-10-8-12-9-20(11(2)19-16(12)18-10)17-15(22)14(21)13(23-17)6-7-24(3,4)5/h8-9,13-15,17,21-22H,2-3,6-7H2,1,4-5H3,(H,18,19). The van der Waals surface area contributed by atoms with Crippen LogP contribution in [-0.2, 0) is 4.74 Å². The fraction of sp³-hybridized carbons (Fsp3) is 0.529. The van der Waals surface area contributed by atoms with Crippen LogP contribution in [0.15, 0.2) is 23.5 Å². The van der Waals surface area contributed by atoms with Crippen molar-refractivity contribution in [1.82, 2.24) is 9.88 Å². The smallest absolute Gasteiger partial charge is 0.164 e. The highest BCUT2D eigenvalue weighted by Gasteiger charge is 2.45. The van der Waals surface area contributed by atoms with Crippen molar-refractivity contribution in [1.29, 1.82) is 0 Å². The van der Waals surface area contributed by atoms with Crippen LogP contribution in [-0.4, -0.2) is 70.4 Å². The predicted octanol–water partition coefficient (Wildman–Crippen LogP) is 0.0135. The molecular weight excluding hydrogens is 325 g/mol. The lowest BCUT2D eigenvalue weighted by Gasteiger charge is -2.29. The Morgan fingerprint density at radius 3 is 2.75 bits per heavy atom. The Morgan fingerprint density at radius 1 is 1.38 bits per heavy atom. The number of ether oxygens (including phenoxy) is 1. The van der Waals surface area contributed by atoms with Gasteiger partial charge in [-0.15, -0.1) is 13.2 Å². The quantitative estimate of drug-likeness (QED) is 0.668. The molecule has 4 atom stereocenters. The van der Waals surface area contributed by atoms with E-state index in [1.807, 2.05) is 19.2 Å². The first kappa shape index (κ1) is 17.5. The number of aliphatic hydroxyl groups is 2. The van der Waals surface area contributed by atoms with Crippen molar-refractivity contribution in [3.05, 3.63) is 34.9 Å². The lowest BCUT2D eigenvalue weighted by molar-refractivity contribution is -0.0517. The molecule has 1 aromatic heterocycles. The van der Waals surface area contributed by atoms with E-state index in [1.54, 1.807) is 4.90 Å². The van der Waals surface area contributed by atoms with E-state index in [0.717, 1.165) is 22.6 Å². The Hall–Kier alpha value is -1.33. The van der Waals surface area contributed by atoms with Gasteiger partial charge in [0.25, 0.3) is 0 Å². The summed E-state index contributed by atoms with van der Waals surface area (Å²) in [6, 6.07) is 1.98. The number of nitrogens with one attached hydrogen (secondary N) is 1. The molecule has 0 bridgehead atoms. The normalized spacial score (nSPS) is 30.0. The third-order valence-electron chi connectivity index (χ3n) is 4.41. The lowest BCUT2D eigenvalue weighted by Crippen LogP contribution is -2.44. The molecule has 0 amide bonds. The van der Waals surface area contributed by atoms with E-state index in [4.69, 9.17) is 4.74 Å². The van der Waals surface area contributed by atoms with Crippen molar-refractivity contribution in [3.63, 3.8) is 0 Å². The van der Waals surface area contributed by atoms with Crippen molar-refractivity contribution in [2.45, 2.75) is 37.9 Å². The van der Waals surface area contributed by atoms with E-state index in [1.165, 1.54) is 0 Å². The van der Waals surface area contributed by atoms with Gasteiger partial charge in [0.2, 0.25) is 0 Å². The molecule has 3 heterocycles. The summed E-state index contributed by atoms with van der Waals surface area (Å²) < 4.78 is 5.97. The molecule has 1 saturated heterocycles. The monoisotopic (exact) mass is 351 g/mol. The fourth-order valence-electron chi connectivity index (χ4n) is 3.09. The van der Waals surface area contributed by atoms with Crippen molar-refractivity contribution >= 4 is 19.4 Å². The number of hydrogen-bond acceptors (Lipinski definition) is 5. The first-order valence-corrected chi connectivity index (χ1v) is 11.1. The van der Waals surface area contributed by atoms with Gasteiger partial charge >= 0.3 is 0 Å². The summed E-state index contributed by atoms with van der Waals surface area (Å²) in [5.74, 6) is 0.478. The van der Waals surface area contributed by atoms with Crippen LogP contribution in [0.3, 0.4) is 0 Å². The van der Waals surface area contributed by atoms with Gasteiger partial charge in [-0.1, -0.05) is 6.58 Å². The molecule has 0 radical (unpaired) electrons. The summed E-state index contributed by atoms with van der Waals surface area (Å²) >= 11 is 0. The van der Waals surface area contributed by atoms with Crippen LogP contribution in [0.5, 0.6) is 0 Å². The zero-order valence-electron chi connectivity index (χ0n) is 14.4. The van der Waals surface area contributed by atoms with E-state index >= 15 is 0 Å². The fourth-order valence-corrected chi connectivity index (χ4v) is 4.05. The van der Waals surface area contributed by atoms with Crippen molar-refractivity contribution in [2.75, 3.05) is 19.5 Å². The number of H-pyrrole nitrogens is 1. The molecule has 7 heteroatoms. The average Bonchev–Trinajstić information content (AvgIpc) is 2.96. The van der Waals surface area contributed by atoms with Gasteiger partial charge in [0, 0.05) is 17.1 Å². The lowest BCUT2D eigenvalue weighted by atomic mass is 10.1. The van der Waals surface area contributed by atoms with Crippen LogP contribution in [0.4, 0.5) is 0 Å². The summed E-state index contributed by atoms with van der Waals surface area (Å²) in [4.78, 5) is 9.29. The molecule has 0 aromatic carbocycles. The second-order valence-electron chi connectivity index (χ2n) is 7.31. The highest BCUT2D eigenvalue weighted by molar-refractivity contribution is 7.72. The molecule has 24 heavy (non-hydrogen) atoms. The molecule has 1 aromatic rings. The molecule has 0 spiro atoms. The van der Waals surface area contributed by atoms with Gasteiger partial charge in [0.1, 0.15) is 23.5 Å². The maximum absolute atomic E-state index is 10.4. The molecule has 0 aliphatic carbocycles. The van der Waals surface area contributed by atoms with Gasteiger partial charge in [-0.25, -0.2) is 4.99 Å². The number of aliphatic hydroxyl groups excluding tert-OH is 2. The Kier molecular flexibility index (Phi) is 4.51. The van der Waals surface area contributed by atoms with Crippen LogP contribution in [0.1, 0.15) is 12.1 Å². The van der Waals surface area contributed by atoms with Crippen LogP contribution in [0.2, 0.25) is 0 Å². The molecule has 0 saturated carbocycles. The minimum absolute atomic E-state index is 0.401. The minimum Gasteiger partial charge on any atom is -0.388 e.